The highest BCUT2D eigenvalue weighted by Gasteiger charge is 2.48. The summed E-state index contributed by atoms with van der Waals surface area (Å²) in [4.78, 5) is 34.1. The molecular weight excluding hydrogens is 262 g/mol. The smallest absolute Gasteiger partial charge is 0.338 e. The summed E-state index contributed by atoms with van der Waals surface area (Å²) in [6.45, 7) is 1.99. The van der Waals surface area contributed by atoms with Gasteiger partial charge in [-0.3, -0.25) is 9.59 Å². The van der Waals surface area contributed by atoms with E-state index in [4.69, 9.17) is 9.84 Å². The Hall–Kier alpha value is -2.37. The Labute approximate surface area is 115 Å². The maximum atomic E-state index is 11.8. The van der Waals surface area contributed by atoms with Crippen LogP contribution in [0, 0.1) is 11.8 Å². The van der Waals surface area contributed by atoms with Crippen molar-refractivity contribution in [3.8, 4) is 0 Å². The predicted octanol–water partition coefficient (Wildman–Crippen LogP) is 1.52. The zero-order chi connectivity index (χ0) is 14.7. The van der Waals surface area contributed by atoms with Crippen LogP contribution in [0.4, 0.5) is 5.69 Å². The Balaban J connectivity index is 2.00. The number of rotatable bonds is 5. The molecule has 2 unspecified atom stereocenters. The van der Waals surface area contributed by atoms with Crippen molar-refractivity contribution < 1.29 is 24.2 Å². The molecule has 1 aromatic rings. The van der Waals surface area contributed by atoms with Gasteiger partial charge in [0.25, 0.3) is 0 Å². The lowest BCUT2D eigenvalue weighted by atomic mass is 10.2. The number of benzene rings is 1. The van der Waals surface area contributed by atoms with Crippen LogP contribution in [0.5, 0.6) is 0 Å². The van der Waals surface area contributed by atoms with E-state index < -0.39 is 23.8 Å². The summed E-state index contributed by atoms with van der Waals surface area (Å²) in [6.07, 6.45) is 0.360. The summed E-state index contributed by atoms with van der Waals surface area (Å²) in [5.74, 6) is -2.83. The number of nitrogens with one attached hydrogen (secondary N) is 1. The van der Waals surface area contributed by atoms with Crippen molar-refractivity contribution in [2.24, 2.45) is 11.8 Å². The Bertz CT molecular complexity index is 554. The van der Waals surface area contributed by atoms with Crippen molar-refractivity contribution in [2.45, 2.75) is 13.3 Å². The zero-order valence-electron chi connectivity index (χ0n) is 11.0. The summed E-state index contributed by atoms with van der Waals surface area (Å²) in [5, 5.41) is 11.4. The van der Waals surface area contributed by atoms with Crippen molar-refractivity contribution in [3.63, 3.8) is 0 Å². The van der Waals surface area contributed by atoms with Crippen molar-refractivity contribution in [1.82, 2.24) is 0 Å². The lowest BCUT2D eigenvalue weighted by Gasteiger charge is -2.06. The minimum absolute atomic E-state index is 0.276. The fourth-order valence-electron chi connectivity index (χ4n) is 1.93. The van der Waals surface area contributed by atoms with Gasteiger partial charge in [-0.25, -0.2) is 4.79 Å². The topological polar surface area (TPSA) is 92.7 Å². The average Bonchev–Trinajstić information content (AvgIpc) is 3.19. The molecule has 20 heavy (non-hydrogen) atoms. The number of carboxylic acid groups (broad SMARTS) is 1. The summed E-state index contributed by atoms with van der Waals surface area (Å²) in [6, 6.07) is 6.36. The van der Waals surface area contributed by atoms with E-state index in [9.17, 15) is 14.4 Å². The molecule has 0 bridgehead atoms. The van der Waals surface area contributed by atoms with Crippen LogP contribution in [0.15, 0.2) is 24.3 Å². The van der Waals surface area contributed by atoms with Gasteiger partial charge in [0, 0.05) is 5.69 Å². The van der Waals surface area contributed by atoms with Crippen LogP contribution in [0.2, 0.25) is 0 Å². The van der Waals surface area contributed by atoms with Gasteiger partial charge in [0.1, 0.15) is 0 Å². The molecule has 6 nitrogen and oxygen atoms in total. The minimum atomic E-state index is -0.953. The first-order valence-corrected chi connectivity index (χ1v) is 6.33. The number of amides is 1. The van der Waals surface area contributed by atoms with Gasteiger partial charge < -0.3 is 15.2 Å². The first-order valence-electron chi connectivity index (χ1n) is 6.33. The van der Waals surface area contributed by atoms with Crippen LogP contribution in [-0.4, -0.2) is 29.6 Å². The number of carbonyl (C=O) groups excluding carboxylic acids is 2. The molecule has 0 aliphatic heterocycles. The molecule has 1 aromatic carbocycles. The van der Waals surface area contributed by atoms with Crippen LogP contribution < -0.4 is 5.32 Å². The maximum absolute atomic E-state index is 11.8. The number of hydrogen-bond acceptors (Lipinski definition) is 4. The van der Waals surface area contributed by atoms with Crippen molar-refractivity contribution >= 4 is 23.5 Å². The van der Waals surface area contributed by atoms with E-state index in [1.54, 1.807) is 25.1 Å². The van der Waals surface area contributed by atoms with E-state index in [1.807, 2.05) is 0 Å². The molecule has 1 aliphatic carbocycles. The van der Waals surface area contributed by atoms with Gasteiger partial charge in [0.2, 0.25) is 5.91 Å². The third-order valence-corrected chi connectivity index (χ3v) is 3.09. The monoisotopic (exact) mass is 277 g/mol. The second kappa shape index (κ2) is 5.73. The molecule has 1 saturated carbocycles. The fraction of sp³-hybridized carbons (Fsp3) is 0.357. The molecule has 1 aliphatic rings. The van der Waals surface area contributed by atoms with Gasteiger partial charge in [-0.05, 0) is 31.5 Å². The number of aliphatic carboxylic acids is 1. The van der Waals surface area contributed by atoms with Crippen molar-refractivity contribution in [3.05, 3.63) is 29.8 Å². The van der Waals surface area contributed by atoms with E-state index in [0.29, 0.717) is 17.7 Å². The Morgan fingerprint density at radius 2 is 2.10 bits per heavy atom. The second-order valence-electron chi connectivity index (χ2n) is 4.58. The van der Waals surface area contributed by atoms with E-state index in [2.05, 4.69) is 5.32 Å². The Kier molecular flexibility index (Phi) is 4.02. The Morgan fingerprint density at radius 3 is 2.70 bits per heavy atom. The van der Waals surface area contributed by atoms with Crippen LogP contribution in [0.1, 0.15) is 23.7 Å². The summed E-state index contributed by atoms with van der Waals surface area (Å²) in [5.41, 5.74) is 0.798. The quantitative estimate of drug-likeness (QED) is 0.796. The van der Waals surface area contributed by atoms with Gasteiger partial charge in [-0.1, -0.05) is 6.07 Å². The molecule has 1 amide bonds. The highest BCUT2D eigenvalue weighted by atomic mass is 16.5. The van der Waals surface area contributed by atoms with E-state index in [0.717, 1.165) is 0 Å². The average molecular weight is 277 g/mol. The minimum Gasteiger partial charge on any atom is -0.481 e. The lowest BCUT2D eigenvalue weighted by molar-refractivity contribution is -0.139. The molecule has 0 spiro atoms. The third kappa shape index (κ3) is 3.14. The summed E-state index contributed by atoms with van der Waals surface area (Å²) < 4.78 is 4.87. The normalized spacial score (nSPS) is 20.1. The van der Waals surface area contributed by atoms with Gasteiger partial charge in [0.15, 0.2) is 0 Å². The molecule has 2 N–H and O–H groups in total. The molecular formula is C14H15NO5. The SMILES string of the molecule is CCOC(=O)c1cccc(NC(=O)C2CC2C(=O)O)c1. The molecule has 2 rings (SSSR count). The van der Waals surface area contributed by atoms with Crippen LogP contribution in [0.25, 0.3) is 0 Å². The fourth-order valence-corrected chi connectivity index (χ4v) is 1.93. The van der Waals surface area contributed by atoms with Crippen molar-refractivity contribution in [1.29, 1.82) is 0 Å². The molecule has 106 valence electrons. The highest BCUT2D eigenvalue weighted by Crippen LogP contribution is 2.39. The molecule has 2 atom stereocenters. The van der Waals surface area contributed by atoms with Crippen molar-refractivity contribution in [2.75, 3.05) is 11.9 Å². The molecule has 1 fully saturated rings. The van der Waals surface area contributed by atoms with E-state index in [1.165, 1.54) is 6.07 Å². The molecule has 0 aromatic heterocycles. The number of ether oxygens (including phenoxy) is 1. The molecule has 0 radical (unpaired) electrons. The van der Waals surface area contributed by atoms with Crippen LogP contribution in [0.3, 0.4) is 0 Å². The molecule has 6 heteroatoms. The summed E-state index contributed by atoms with van der Waals surface area (Å²) >= 11 is 0. The van der Waals surface area contributed by atoms with E-state index >= 15 is 0 Å². The zero-order valence-corrected chi connectivity index (χ0v) is 11.0. The summed E-state index contributed by atoms with van der Waals surface area (Å²) in [7, 11) is 0. The standard InChI is InChI=1S/C14H15NO5/c1-2-20-14(19)8-4-3-5-9(6-8)15-12(16)10-7-11(10)13(17)18/h3-6,10-11H,2,7H2,1H3,(H,15,16)(H,17,18). The predicted molar refractivity (Wildman–Crippen MR) is 70.3 cm³/mol. The van der Waals surface area contributed by atoms with E-state index in [-0.39, 0.29) is 12.5 Å². The van der Waals surface area contributed by atoms with Gasteiger partial charge >= 0.3 is 11.9 Å². The number of carbonyl (C=O) groups is 3. The third-order valence-electron chi connectivity index (χ3n) is 3.09. The van der Waals surface area contributed by atoms with Crippen LogP contribution in [-0.2, 0) is 14.3 Å². The number of esters is 1. The number of carboxylic acids is 1. The van der Waals surface area contributed by atoms with Crippen LogP contribution >= 0.6 is 0 Å². The largest absolute Gasteiger partial charge is 0.481 e. The molecule has 0 heterocycles. The van der Waals surface area contributed by atoms with Gasteiger partial charge in [-0.2, -0.15) is 0 Å². The lowest BCUT2D eigenvalue weighted by Crippen LogP contribution is -2.17. The maximum Gasteiger partial charge on any atom is 0.338 e. The Morgan fingerprint density at radius 1 is 1.35 bits per heavy atom. The first-order chi connectivity index (χ1) is 9.52. The number of hydrogen-bond donors (Lipinski definition) is 2. The van der Waals surface area contributed by atoms with Gasteiger partial charge in [0.05, 0.1) is 24.0 Å². The van der Waals surface area contributed by atoms with Gasteiger partial charge in [-0.15, -0.1) is 0 Å². The molecule has 0 saturated heterocycles. The number of anilines is 1. The second-order valence-corrected chi connectivity index (χ2v) is 4.58. The first kappa shape index (κ1) is 14.0. The highest BCUT2D eigenvalue weighted by molar-refractivity contribution is 5.99.